The van der Waals surface area contributed by atoms with E-state index in [4.69, 9.17) is 7.05 Å². The van der Waals surface area contributed by atoms with Crippen molar-refractivity contribution in [3.8, 4) is 0 Å². The molecule has 11 heavy (non-hydrogen) atoms. The summed E-state index contributed by atoms with van der Waals surface area (Å²) in [6, 6.07) is 10.4. The molecule has 0 atom stereocenters. The molecule has 1 rings (SSSR count). The van der Waals surface area contributed by atoms with E-state index in [0.717, 1.165) is 19.4 Å². The summed E-state index contributed by atoms with van der Waals surface area (Å²) in [5, 5.41) is 2.64. The third-order valence-corrected chi connectivity index (χ3v) is 1.63. The molecule has 2 radical (unpaired) electrons. The van der Waals surface area contributed by atoms with Crippen LogP contribution >= 0.6 is 0 Å². The maximum absolute atomic E-state index is 5.14. The van der Waals surface area contributed by atoms with E-state index in [1.54, 1.807) is 0 Å². The van der Waals surface area contributed by atoms with E-state index in [0.29, 0.717) is 0 Å². The second-order valence-electron chi connectivity index (χ2n) is 2.54. The van der Waals surface area contributed by atoms with Crippen molar-refractivity contribution < 1.29 is 0 Å². The van der Waals surface area contributed by atoms with Crippen molar-refractivity contribution in [3.63, 3.8) is 0 Å². The highest BCUT2D eigenvalue weighted by Gasteiger charge is 1.89. The van der Waals surface area contributed by atoms with Crippen LogP contribution in [0.15, 0.2) is 30.3 Å². The Morgan fingerprint density at radius 2 is 1.91 bits per heavy atom. The lowest BCUT2D eigenvalue weighted by Crippen LogP contribution is -2.05. The van der Waals surface area contributed by atoms with Gasteiger partial charge in [0.15, 0.2) is 0 Å². The molecule has 0 aromatic heterocycles. The van der Waals surface area contributed by atoms with Crippen molar-refractivity contribution in [2.75, 3.05) is 6.54 Å². The van der Waals surface area contributed by atoms with Gasteiger partial charge in [-0.15, -0.1) is 0 Å². The number of hydrogen-bond acceptors (Lipinski definition) is 1. The standard InChI is InChI=1S/C10H13N/c1-11-9-5-8-10-6-3-2-4-7-10/h1-4,6-7,11H,5,8-9H2. The molecular weight excluding hydrogens is 134 g/mol. The summed E-state index contributed by atoms with van der Waals surface area (Å²) < 4.78 is 0. The van der Waals surface area contributed by atoms with Gasteiger partial charge < -0.3 is 5.32 Å². The quantitative estimate of drug-likeness (QED) is 0.506. The molecule has 0 heterocycles. The van der Waals surface area contributed by atoms with E-state index in [1.807, 2.05) is 6.07 Å². The molecule has 1 heteroatoms. The molecule has 0 aliphatic carbocycles. The van der Waals surface area contributed by atoms with E-state index in [1.165, 1.54) is 5.56 Å². The molecule has 58 valence electrons. The van der Waals surface area contributed by atoms with E-state index in [9.17, 15) is 0 Å². The molecule has 0 saturated carbocycles. The zero-order valence-electron chi connectivity index (χ0n) is 6.59. The molecule has 0 fully saturated rings. The highest BCUT2D eigenvalue weighted by Crippen LogP contribution is 2.00. The van der Waals surface area contributed by atoms with Crippen molar-refractivity contribution in [1.29, 1.82) is 0 Å². The van der Waals surface area contributed by atoms with Crippen LogP contribution in [0.2, 0.25) is 0 Å². The largest absolute Gasteiger partial charge is 0.311 e. The zero-order chi connectivity index (χ0) is 7.94. The average Bonchev–Trinajstić information content (AvgIpc) is 2.07. The van der Waals surface area contributed by atoms with Crippen molar-refractivity contribution in [2.24, 2.45) is 0 Å². The monoisotopic (exact) mass is 147 g/mol. The molecule has 1 nitrogen and oxygen atoms in total. The van der Waals surface area contributed by atoms with Crippen molar-refractivity contribution >= 4 is 0 Å². The van der Waals surface area contributed by atoms with Crippen LogP contribution in [0.4, 0.5) is 0 Å². The van der Waals surface area contributed by atoms with Gasteiger partial charge in [-0.1, -0.05) is 30.3 Å². The van der Waals surface area contributed by atoms with Crippen LogP contribution in [0.1, 0.15) is 12.0 Å². The Labute approximate surface area is 68.4 Å². The van der Waals surface area contributed by atoms with Crippen LogP contribution in [0, 0.1) is 7.05 Å². The lowest BCUT2D eigenvalue weighted by atomic mass is 10.1. The Morgan fingerprint density at radius 1 is 1.18 bits per heavy atom. The van der Waals surface area contributed by atoms with Gasteiger partial charge in [0, 0.05) is 7.05 Å². The van der Waals surface area contributed by atoms with Crippen molar-refractivity contribution in [1.82, 2.24) is 5.32 Å². The van der Waals surface area contributed by atoms with Gasteiger partial charge in [0.05, 0.1) is 0 Å². The maximum Gasteiger partial charge on any atom is 0.0407 e. The predicted molar refractivity (Wildman–Crippen MR) is 47.1 cm³/mol. The summed E-state index contributed by atoms with van der Waals surface area (Å²) in [7, 11) is 5.14. The summed E-state index contributed by atoms with van der Waals surface area (Å²) in [4.78, 5) is 0. The molecule has 1 aromatic carbocycles. The Bertz CT molecular complexity index is 181. The van der Waals surface area contributed by atoms with Gasteiger partial charge in [0.2, 0.25) is 0 Å². The molecule has 0 unspecified atom stereocenters. The Hall–Kier alpha value is -0.820. The predicted octanol–water partition coefficient (Wildman–Crippen LogP) is 1.88. The second-order valence-corrected chi connectivity index (χ2v) is 2.54. The minimum absolute atomic E-state index is 0.884. The SMILES string of the molecule is [CH]NCCCc1ccccc1. The molecule has 0 spiro atoms. The first-order valence-corrected chi connectivity index (χ1v) is 3.91. The van der Waals surface area contributed by atoms with Gasteiger partial charge in [-0.2, -0.15) is 0 Å². The molecule has 1 N–H and O–H groups in total. The first-order valence-electron chi connectivity index (χ1n) is 3.91. The number of hydrogen-bond donors (Lipinski definition) is 1. The summed E-state index contributed by atoms with van der Waals surface area (Å²) in [6.45, 7) is 0.884. The third kappa shape index (κ3) is 3.19. The summed E-state index contributed by atoms with van der Waals surface area (Å²) >= 11 is 0. The van der Waals surface area contributed by atoms with Gasteiger partial charge in [-0.25, -0.2) is 0 Å². The fourth-order valence-electron chi connectivity index (χ4n) is 1.04. The number of rotatable bonds is 4. The van der Waals surface area contributed by atoms with E-state index in [-0.39, 0.29) is 0 Å². The molecule has 0 amide bonds. The summed E-state index contributed by atoms with van der Waals surface area (Å²) in [5.74, 6) is 0. The third-order valence-electron chi connectivity index (χ3n) is 1.63. The van der Waals surface area contributed by atoms with Crippen LogP contribution in [0.5, 0.6) is 0 Å². The Morgan fingerprint density at radius 3 is 2.55 bits per heavy atom. The van der Waals surface area contributed by atoms with Gasteiger partial charge in [0.25, 0.3) is 0 Å². The topological polar surface area (TPSA) is 12.0 Å². The van der Waals surface area contributed by atoms with Crippen molar-refractivity contribution in [2.45, 2.75) is 12.8 Å². The minimum atomic E-state index is 0.884. The van der Waals surface area contributed by atoms with Crippen molar-refractivity contribution in [3.05, 3.63) is 42.9 Å². The lowest BCUT2D eigenvalue weighted by Gasteiger charge is -1.99. The molecule has 0 saturated heterocycles. The van der Waals surface area contributed by atoms with E-state index >= 15 is 0 Å². The highest BCUT2D eigenvalue weighted by atomic mass is 14.8. The van der Waals surface area contributed by atoms with E-state index < -0.39 is 0 Å². The maximum atomic E-state index is 5.14. The normalized spacial score (nSPS) is 9.91. The lowest BCUT2D eigenvalue weighted by molar-refractivity contribution is 0.749. The summed E-state index contributed by atoms with van der Waals surface area (Å²) in [5.41, 5.74) is 1.38. The molecule has 1 aromatic rings. The Balaban J connectivity index is 2.28. The number of aryl methyl sites for hydroxylation is 1. The molecular formula is C10H13N. The van der Waals surface area contributed by atoms with Crippen LogP contribution in [0.3, 0.4) is 0 Å². The first-order chi connectivity index (χ1) is 5.43. The van der Waals surface area contributed by atoms with Crippen LogP contribution in [-0.4, -0.2) is 6.54 Å². The fraction of sp³-hybridized carbons (Fsp3) is 0.300. The fourth-order valence-corrected chi connectivity index (χ4v) is 1.04. The minimum Gasteiger partial charge on any atom is -0.311 e. The summed E-state index contributed by atoms with van der Waals surface area (Å²) in [6.07, 6.45) is 2.20. The molecule has 0 aliphatic rings. The highest BCUT2D eigenvalue weighted by molar-refractivity contribution is 5.14. The van der Waals surface area contributed by atoms with E-state index in [2.05, 4.69) is 29.6 Å². The van der Waals surface area contributed by atoms with Crippen LogP contribution in [0.25, 0.3) is 0 Å². The van der Waals surface area contributed by atoms with Gasteiger partial charge in [0.1, 0.15) is 0 Å². The van der Waals surface area contributed by atoms with Crippen LogP contribution < -0.4 is 5.32 Å². The molecule has 0 bridgehead atoms. The smallest absolute Gasteiger partial charge is 0.0407 e. The molecule has 0 aliphatic heterocycles. The van der Waals surface area contributed by atoms with Crippen LogP contribution in [-0.2, 0) is 6.42 Å². The number of nitrogens with one attached hydrogen (secondary N) is 1. The van der Waals surface area contributed by atoms with Gasteiger partial charge in [-0.05, 0) is 24.9 Å². The zero-order valence-corrected chi connectivity index (χ0v) is 6.59. The Kier molecular flexibility index (Phi) is 3.70. The number of benzene rings is 1. The van der Waals surface area contributed by atoms with Gasteiger partial charge >= 0.3 is 0 Å². The van der Waals surface area contributed by atoms with Gasteiger partial charge in [-0.3, -0.25) is 0 Å². The average molecular weight is 147 g/mol. The first kappa shape index (κ1) is 8.28. The second kappa shape index (κ2) is 4.91.